The fourth-order valence-corrected chi connectivity index (χ4v) is 11.6. The second-order valence-corrected chi connectivity index (χ2v) is 25.6. The highest BCUT2D eigenvalue weighted by atomic mass is 16.6. The SMILES string of the molecule is CCC/C=C\CCCCCCCC(=O)OCC(COC(=O)CCCCCCCCCCCCCCCCCCCCCCCCCCCCCCC)OC(=O)CCCCCCCCCCCCCCC/C=C\CCCCCCCCCC. The Morgan fingerprint density at radius 3 is 0.659 bits per heavy atom. The van der Waals surface area contributed by atoms with Gasteiger partial charge in [-0.15, -0.1) is 0 Å². The molecule has 0 aromatic rings. The lowest BCUT2D eigenvalue weighted by molar-refractivity contribution is -0.167. The van der Waals surface area contributed by atoms with Crippen LogP contribution in [0.5, 0.6) is 0 Å². The molecule has 0 rings (SSSR count). The topological polar surface area (TPSA) is 78.9 Å². The molecule has 0 aromatic heterocycles. The Kier molecular flexibility index (Phi) is 69.5. The molecule has 0 saturated heterocycles. The molecule has 1 atom stereocenters. The predicted molar refractivity (Wildman–Crippen MR) is 358 cm³/mol. The molecule has 0 saturated carbocycles. The van der Waals surface area contributed by atoms with Gasteiger partial charge in [-0.25, -0.2) is 0 Å². The van der Waals surface area contributed by atoms with E-state index in [4.69, 9.17) is 14.2 Å². The van der Waals surface area contributed by atoms with Gasteiger partial charge in [0.2, 0.25) is 0 Å². The van der Waals surface area contributed by atoms with Crippen molar-refractivity contribution in [3.63, 3.8) is 0 Å². The van der Waals surface area contributed by atoms with Crippen molar-refractivity contribution in [3.8, 4) is 0 Å². The van der Waals surface area contributed by atoms with Crippen LogP contribution in [0.25, 0.3) is 0 Å². The smallest absolute Gasteiger partial charge is 0.306 e. The number of allylic oxidation sites excluding steroid dienone is 4. The summed E-state index contributed by atoms with van der Waals surface area (Å²) in [4.78, 5) is 38.4. The van der Waals surface area contributed by atoms with Crippen molar-refractivity contribution in [2.45, 2.75) is 431 Å². The molecule has 0 N–H and O–H groups in total. The summed E-state index contributed by atoms with van der Waals surface area (Å²) in [5, 5.41) is 0. The van der Waals surface area contributed by atoms with Crippen LogP contribution in [0.1, 0.15) is 425 Å². The van der Waals surface area contributed by atoms with Crippen molar-refractivity contribution in [2.75, 3.05) is 13.2 Å². The standard InChI is InChI=1S/C76H144O6/c1-4-7-10-13-16-19-22-24-26-28-30-32-34-36-37-38-39-41-42-44-46-48-50-52-54-57-60-63-66-69-75(78)81-72-73(71-80-74(77)68-65-62-59-56-21-18-15-12-9-6-3)82-76(79)70-67-64-61-58-55-53-51-49-47-45-43-40-35-33-31-29-27-25-23-20-17-14-11-8-5-2/h12,15,29,31,73H,4-11,13-14,16-28,30,32-72H2,1-3H3/b15-12-,31-29-. The lowest BCUT2D eigenvalue weighted by Crippen LogP contribution is -2.30. The minimum Gasteiger partial charge on any atom is -0.462 e. The van der Waals surface area contributed by atoms with Crippen LogP contribution in [-0.2, 0) is 28.6 Å². The van der Waals surface area contributed by atoms with E-state index in [-0.39, 0.29) is 31.1 Å². The number of carbonyl (C=O) groups is 3. The molecule has 0 radical (unpaired) electrons. The highest BCUT2D eigenvalue weighted by molar-refractivity contribution is 5.71. The van der Waals surface area contributed by atoms with E-state index in [2.05, 4.69) is 45.1 Å². The zero-order valence-corrected chi connectivity index (χ0v) is 55.8. The number of ether oxygens (including phenoxy) is 3. The molecule has 82 heavy (non-hydrogen) atoms. The quantitative estimate of drug-likeness (QED) is 0.0261. The summed E-state index contributed by atoms with van der Waals surface area (Å²) >= 11 is 0. The van der Waals surface area contributed by atoms with E-state index in [9.17, 15) is 14.4 Å². The van der Waals surface area contributed by atoms with E-state index >= 15 is 0 Å². The van der Waals surface area contributed by atoms with Gasteiger partial charge in [-0.1, -0.05) is 366 Å². The van der Waals surface area contributed by atoms with Gasteiger partial charge in [-0.3, -0.25) is 14.4 Å². The van der Waals surface area contributed by atoms with Gasteiger partial charge in [-0.2, -0.15) is 0 Å². The molecule has 0 fully saturated rings. The molecule has 0 aromatic carbocycles. The third-order valence-corrected chi connectivity index (χ3v) is 17.2. The van der Waals surface area contributed by atoms with Crippen LogP contribution in [-0.4, -0.2) is 37.2 Å². The number of esters is 3. The van der Waals surface area contributed by atoms with E-state index in [1.165, 1.54) is 315 Å². The van der Waals surface area contributed by atoms with E-state index in [0.29, 0.717) is 19.3 Å². The molecular weight excluding hydrogens is 1010 g/mol. The van der Waals surface area contributed by atoms with Crippen molar-refractivity contribution < 1.29 is 28.6 Å². The molecule has 0 bridgehead atoms. The molecule has 484 valence electrons. The first kappa shape index (κ1) is 79.9. The molecule has 6 heteroatoms. The lowest BCUT2D eigenvalue weighted by Gasteiger charge is -2.18. The fraction of sp³-hybridized carbons (Fsp3) is 0.908. The summed E-state index contributed by atoms with van der Waals surface area (Å²) in [5.41, 5.74) is 0. The third-order valence-electron chi connectivity index (χ3n) is 17.2. The van der Waals surface area contributed by atoms with E-state index in [0.717, 1.165) is 70.6 Å². The normalized spacial score (nSPS) is 12.1. The van der Waals surface area contributed by atoms with Crippen LogP contribution in [0, 0.1) is 0 Å². The van der Waals surface area contributed by atoms with Crippen molar-refractivity contribution >= 4 is 17.9 Å². The van der Waals surface area contributed by atoms with Crippen LogP contribution >= 0.6 is 0 Å². The first-order valence-corrected chi connectivity index (χ1v) is 37.3. The molecule has 0 spiro atoms. The third kappa shape index (κ3) is 68.7. The second-order valence-electron chi connectivity index (χ2n) is 25.6. The molecule has 6 nitrogen and oxygen atoms in total. The summed E-state index contributed by atoms with van der Waals surface area (Å²) in [6.45, 7) is 6.66. The average Bonchev–Trinajstić information content (AvgIpc) is 3.48. The highest BCUT2D eigenvalue weighted by Gasteiger charge is 2.20. The highest BCUT2D eigenvalue weighted by Crippen LogP contribution is 2.19. The van der Waals surface area contributed by atoms with Crippen LogP contribution in [0.4, 0.5) is 0 Å². The average molecular weight is 1150 g/mol. The maximum atomic E-state index is 12.9. The zero-order chi connectivity index (χ0) is 59.2. The number of carbonyl (C=O) groups excluding carboxylic acids is 3. The molecule has 1 unspecified atom stereocenters. The van der Waals surface area contributed by atoms with E-state index in [1.807, 2.05) is 0 Å². The summed E-state index contributed by atoms with van der Waals surface area (Å²) in [6, 6.07) is 0. The summed E-state index contributed by atoms with van der Waals surface area (Å²) < 4.78 is 17.0. The Labute approximate surface area is 513 Å². The van der Waals surface area contributed by atoms with Crippen molar-refractivity contribution in [1.82, 2.24) is 0 Å². The Morgan fingerprint density at radius 2 is 0.427 bits per heavy atom. The van der Waals surface area contributed by atoms with E-state index < -0.39 is 6.10 Å². The molecule has 0 amide bonds. The van der Waals surface area contributed by atoms with Gasteiger partial charge in [0.05, 0.1) is 0 Å². The fourth-order valence-electron chi connectivity index (χ4n) is 11.6. The first-order valence-electron chi connectivity index (χ1n) is 37.3. The molecule has 0 aliphatic rings. The van der Waals surface area contributed by atoms with Crippen molar-refractivity contribution in [2.24, 2.45) is 0 Å². The largest absolute Gasteiger partial charge is 0.462 e. The summed E-state index contributed by atoms with van der Waals surface area (Å²) in [5.74, 6) is -0.849. The van der Waals surface area contributed by atoms with Gasteiger partial charge in [0.25, 0.3) is 0 Å². The zero-order valence-electron chi connectivity index (χ0n) is 55.8. The molecule has 0 heterocycles. The van der Waals surface area contributed by atoms with E-state index in [1.54, 1.807) is 0 Å². The Bertz CT molecular complexity index is 1320. The van der Waals surface area contributed by atoms with Gasteiger partial charge in [0, 0.05) is 19.3 Å². The first-order chi connectivity index (χ1) is 40.5. The maximum absolute atomic E-state index is 12.9. The van der Waals surface area contributed by atoms with Crippen LogP contribution in [0.15, 0.2) is 24.3 Å². The molecule has 0 aliphatic heterocycles. The van der Waals surface area contributed by atoms with Gasteiger partial charge >= 0.3 is 17.9 Å². The Morgan fingerprint density at radius 1 is 0.232 bits per heavy atom. The van der Waals surface area contributed by atoms with Gasteiger partial charge in [-0.05, 0) is 64.2 Å². The Hall–Kier alpha value is -2.11. The minimum absolute atomic E-state index is 0.0683. The maximum Gasteiger partial charge on any atom is 0.306 e. The monoisotopic (exact) mass is 1150 g/mol. The van der Waals surface area contributed by atoms with Crippen LogP contribution < -0.4 is 0 Å². The predicted octanol–water partition coefficient (Wildman–Crippen LogP) is 25.7. The number of rotatable bonds is 70. The van der Waals surface area contributed by atoms with Crippen molar-refractivity contribution in [1.29, 1.82) is 0 Å². The van der Waals surface area contributed by atoms with Crippen LogP contribution in [0.2, 0.25) is 0 Å². The van der Waals surface area contributed by atoms with Crippen LogP contribution in [0.3, 0.4) is 0 Å². The number of hydrogen-bond acceptors (Lipinski definition) is 6. The Balaban J connectivity index is 4.08. The minimum atomic E-state index is -0.772. The van der Waals surface area contributed by atoms with Gasteiger partial charge in [0.1, 0.15) is 13.2 Å². The van der Waals surface area contributed by atoms with Crippen molar-refractivity contribution in [3.05, 3.63) is 24.3 Å². The summed E-state index contributed by atoms with van der Waals surface area (Å²) in [6.07, 6.45) is 88.2. The number of hydrogen-bond donors (Lipinski definition) is 0. The number of unbranched alkanes of at least 4 members (excludes halogenated alkanes) is 55. The summed E-state index contributed by atoms with van der Waals surface area (Å²) in [7, 11) is 0. The van der Waals surface area contributed by atoms with Gasteiger partial charge < -0.3 is 14.2 Å². The van der Waals surface area contributed by atoms with Gasteiger partial charge in [0.15, 0.2) is 6.10 Å². The molecule has 0 aliphatic carbocycles. The lowest BCUT2D eigenvalue weighted by atomic mass is 10.0. The second kappa shape index (κ2) is 71.4. The molecular formula is C76H144O6.